The predicted octanol–water partition coefficient (Wildman–Crippen LogP) is 1.85. The van der Waals surface area contributed by atoms with Gasteiger partial charge in [-0.15, -0.1) is 0 Å². The van der Waals surface area contributed by atoms with Crippen LogP contribution in [0, 0.1) is 5.41 Å². The van der Waals surface area contributed by atoms with Crippen LogP contribution in [0.25, 0.3) is 0 Å². The van der Waals surface area contributed by atoms with Crippen molar-refractivity contribution in [2.24, 2.45) is 5.41 Å². The average Bonchev–Trinajstić information content (AvgIpc) is 2.89. The molecule has 0 aliphatic heterocycles. The molecule has 120 valence electrons. The van der Waals surface area contributed by atoms with Crippen LogP contribution in [-0.2, 0) is 16.0 Å². The van der Waals surface area contributed by atoms with Gasteiger partial charge >= 0.3 is 11.8 Å². The molecule has 5 heteroatoms. The zero-order chi connectivity index (χ0) is 16.2. The van der Waals surface area contributed by atoms with Crippen molar-refractivity contribution in [1.29, 1.82) is 0 Å². The van der Waals surface area contributed by atoms with Crippen LogP contribution >= 0.6 is 0 Å². The van der Waals surface area contributed by atoms with Crippen LogP contribution < -0.4 is 10.6 Å². The highest BCUT2D eigenvalue weighted by atomic mass is 16.3. The van der Waals surface area contributed by atoms with Crippen molar-refractivity contribution in [3.8, 4) is 0 Å². The highest BCUT2D eigenvalue weighted by Gasteiger charge is 2.39. The second kappa shape index (κ2) is 6.92. The van der Waals surface area contributed by atoms with Gasteiger partial charge < -0.3 is 15.7 Å². The monoisotopic (exact) mass is 304 g/mol. The molecule has 2 amide bonds. The summed E-state index contributed by atoms with van der Waals surface area (Å²) >= 11 is 0. The van der Waals surface area contributed by atoms with Crippen LogP contribution in [0.15, 0.2) is 24.3 Å². The van der Waals surface area contributed by atoms with E-state index >= 15 is 0 Å². The number of carbonyl (C=O) groups excluding carboxylic acids is 2. The lowest BCUT2D eigenvalue weighted by molar-refractivity contribution is -0.137. The molecule has 1 fully saturated rings. The van der Waals surface area contributed by atoms with E-state index < -0.39 is 11.8 Å². The SMILES string of the molecule is CCc1ccccc1NC(=O)C(=O)NC1CCCC1(C)CO. The zero-order valence-electron chi connectivity index (χ0n) is 13.2. The maximum absolute atomic E-state index is 12.1. The fraction of sp³-hybridized carbons (Fsp3) is 0.529. The number of rotatable bonds is 4. The minimum absolute atomic E-state index is 0.0121. The molecule has 3 N–H and O–H groups in total. The Labute approximate surface area is 131 Å². The Hall–Kier alpha value is -1.88. The maximum Gasteiger partial charge on any atom is 0.313 e. The van der Waals surface area contributed by atoms with E-state index in [2.05, 4.69) is 10.6 Å². The van der Waals surface area contributed by atoms with E-state index in [9.17, 15) is 14.7 Å². The first kappa shape index (κ1) is 16.5. The number of carbonyl (C=O) groups is 2. The van der Waals surface area contributed by atoms with Gasteiger partial charge in [-0.3, -0.25) is 9.59 Å². The Morgan fingerprint density at radius 1 is 1.32 bits per heavy atom. The number of para-hydroxylation sites is 1. The van der Waals surface area contributed by atoms with Crippen LogP contribution in [0.5, 0.6) is 0 Å². The number of benzene rings is 1. The lowest BCUT2D eigenvalue weighted by atomic mass is 9.86. The molecule has 22 heavy (non-hydrogen) atoms. The Morgan fingerprint density at radius 2 is 2.05 bits per heavy atom. The molecule has 1 aliphatic carbocycles. The summed E-state index contributed by atoms with van der Waals surface area (Å²) in [6.07, 6.45) is 3.38. The van der Waals surface area contributed by atoms with Gasteiger partial charge in [0.25, 0.3) is 0 Å². The van der Waals surface area contributed by atoms with E-state index in [0.717, 1.165) is 31.2 Å². The van der Waals surface area contributed by atoms with Gasteiger partial charge in [0, 0.05) is 17.1 Å². The number of hydrogen-bond donors (Lipinski definition) is 3. The summed E-state index contributed by atoms with van der Waals surface area (Å²) in [5.41, 5.74) is 1.32. The fourth-order valence-corrected chi connectivity index (χ4v) is 3.02. The zero-order valence-corrected chi connectivity index (χ0v) is 13.2. The number of amides is 2. The summed E-state index contributed by atoms with van der Waals surface area (Å²) in [6.45, 7) is 3.95. The summed E-state index contributed by atoms with van der Waals surface area (Å²) in [5, 5.41) is 14.9. The second-order valence-corrected chi connectivity index (χ2v) is 6.20. The van der Waals surface area contributed by atoms with Crippen LogP contribution in [0.1, 0.15) is 38.7 Å². The number of aliphatic hydroxyl groups is 1. The summed E-state index contributed by atoms with van der Waals surface area (Å²) in [6, 6.07) is 7.29. The predicted molar refractivity (Wildman–Crippen MR) is 85.4 cm³/mol. The highest BCUT2D eigenvalue weighted by Crippen LogP contribution is 2.37. The molecule has 0 radical (unpaired) electrons. The summed E-state index contributed by atoms with van der Waals surface area (Å²) in [5.74, 6) is -1.30. The molecule has 2 atom stereocenters. The first-order valence-corrected chi connectivity index (χ1v) is 7.81. The molecule has 5 nitrogen and oxygen atoms in total. The van der Waals surface area contributed by atoms with Crippen molar-refractivity contribution < 1.29 is 14.7 Å². The molecule has 0 heterocycles. The van der Waals surface area contributed by atoms with Crippen LogP contribution in [0.2, 0.25) is 0 Å². The third-order valence-corrected chi connectivity index (χ3v) is 4.60. The number of aliphatic hydroxyl groups excluding tert-OH is 1. The van der Waals surface area contributed by atoms with Crippen molar-refractivity contribution >= 4 is 17.5 Å². The van der Waals surface area contributed by atoms with E-state index in [4.69, 9.17) is 0 Å². The van der Waals surface area contributed by atoms with Crippen molar-refractivity contribution in [1.82, 2.24) is 5.32 Å². The number of hydrogen-bond acceptors (Lipinski definition) is 3. The number of aryl methyl sites for hydroxylation is 1. The molecular weight excluding hydrogens is 280 g/mol. The molecule has 2 rings (SSSR count). The van der Waals surface area contributed by atoms with E-state index in [1.165, 1.54) is 0 Å². The van der Waals surface area contributed by atoms with Gasteiger partial charge in [-0.05, 0) is 30.9 Å². The van der Waals surface area contributed by atoms with Gasteiger partial charge in [-0.25, -0.2) is 0 Å². The molecule has 1 aliphatic rings. The molecule has 2 unspecified atom stereocenters. The van der Waals surface area contributed by atoms with E-state index in [1.807, 2.05) is 32.0 Å². The molecule has 0 aromatic heterocycles. The first-order chi connectivity index (χ1) is 10.5. The van der Waals surface area contributed by atoms with Gasteiger partial charge in [0.1, 0.15) is 0 Å². The smallest absolute Gasteiger partial charge is 0.313 e. The van der Waals surface area contributed by atoms with Gasteiger partial charge in [0.15, 0.2) is 0 Å². The fourth-order valence-electron chi connectivity index (χ4n) is 3.02. The average molecular weight is 304 g/mol. The van der Waals surface area contributed by atoms with Gasteiger partial charge in [0.2, 0.25) is 0 Å². The quantitative estimate of drug-likeness (QED) is 0.743. The lowest BCUT2D eigenvalue weighted by Crippen LogP contribution is -2.48. The van der Waals surface area contributed by atoms with E-state index in [1.54, 1.807) is 6.07 Å². The van der Waals surface area contributed by atoms with Crippen LogP contribution in [0.3, 0.4) is 0 Å². The minimum Gasteiger partial charge on any atom is -0.396 e. The molecule has 1 aromatic rings. The highest BCUT2D eigenvalue weighted by molar-refractivity contribution is 6.39. The van der Waals surface area contributed by atoms with E-state index in [0.29, 0.717) is 5.69 Å². The third kappa shape index (κ3) is 3.47. The van der Waals surface area contributed by atoms with Crippen molar-refractivity contribution in [2.75, 3.05) is 11.9 Å². The van der Waals surface area contributed by atoms with Gasteiger partial charge in [0.05, 0.1) is 6.61 Å². The summed E-state index contributed by atoms with van der Waals surface area (Å²) in [4.78, 5) is 24.2. The lowest BCUT2D eigenvalue weighted by Gasteiger charge is -2.29. The standard InChI is InChI=1S/C17H24N2O3/c1-3-12-7-4-5-8-13(12)18-15(21)16(22)19-14-9-6-10-17(14,2)11-20/h4-5,7-8,14,20H,3,6,9-11H2,1-2H3,(H,18,21)(H,19,22). The normalized spacial score (nSPS) is 24.0. The number of nitrogens with one attached hydrogen (secondary N) is 2. The number of anilines is 1. The second-order valence-electron chi connectivity index (χ2n) is 6.20. The van der Waals surface area contributed by atoms with Crippen molar-refractivity contribution in [3.63, 3.8) is 0 Å². The third-order valence-electron chi connectivity index (χ3n) is 4.60. The molecular formula is C17H24N2O3. The minimum atomic E-state index is -0.659. The Balaban J connectivity index is 1.99. The first-order valence-electron chi connectivity index (χ1n) is 7.81. The Morgan fingerprint density at radius 3 is 2.73 bits per heavy atom. The molecule has 0 bridgehead atoms. The van der Waals surface area contributed by atoms with E-state index in [-0.39, 0.29) is 18.1 Å². The van der Waals surface area contributed by atoms with Crippen LogP contribution in [-0.4, -0.2) is 29.6 Å². The van der Waals surface area contributed by atoms with Gasteiger partial charge in [-0.2, -0.15) is 0 Å². The van der Waals surface area contributed by atoms with Crippen molar-refractivity contribution in [2.45, 2.75) is 45.6 Å². The largest absolute Gasteiger partial charge is 0.396 e. The van der Waals surface area contributed by atoms with Gasteiger partial charge in [-0.1, -0.05) is 38.5 Å². The van der Waals surface area contributed by atoms with Crippen LogP contribution in [0.4, 0.5) is 5.69 Å². The molecule has 1 saturated carbocycles. The Kier molecular flexibility index (Phi) is 5.19. The molecule has 0 saturated heterocycles. The topological polar surface area (TPSA) is 78.4 Å². The maximum atomic E-state index is 12.1. The van der Waals surface area contributed by atoms with Crippen molar-refractivity contribution in [3.05, 3.63) is 29.8 Å². The molecule has 0 spiro atoms. The Bertz CT molecular complexity index is 559. The summed E-state index contributed by atoms with van der Waals surface area (Å²) in [7, 11) is 0. The summed E-state index contributed by atoms with van der Waals surface area (Å²) < 4.78 is 0. The molecule has 1 aromatic carbocycles.